The molecule has 0 aromatic carbocycles. The molecular weight excluding hydrogens is 282 g/mol. The van der Waals surface area contributed by atoms with Crippen LogP contribution >= 0.6 is 23.4 Å². The highest BCUT2D eigenvalue weighted by atomic mass is 35.5. The average Bonchev–Trinajstić information content (AvgIpc) is 2.41. The van der Waals surface area contributed by atoms with Gasteiger partial charge in [0.1, 0.15) is 21.7 Å². The standard InChI is InChI=1S/C12H14ClN5S/c1-7(2)12-16-9(18-14)5-11(17-12)19-10-4-3-8(13)6-15-10/h3-7H,14H2,1-2H3,(H,16,17,18). The van der Waals surface area contributed by atoms with Crippen LogP contribution in [-0.4, -0.2) is 15.0 Å². The molecule has 0 aliphatic heterocycles. The maximum Gasteiger partial charge on any atom is 0.144 e. The molecule has 0 fully saturated rings. The predicted molar refractivity (Wildman–Crippen MR) is 77.3 cm³/mol. The smallest absolute Gasteiger partial charge is 0.144 e. The van der Waals surface area contributed by atoms with E-state index in [0.29, 0.717) is 10.8 Å². The lowest BCUT2D eigenvalue weighted by Gasteiger charge is -2.09. The second-order valence-corrected chi connectivity index (χ2v) is 5.64. The molecule has 5 nitrogen and oxygen atoms in total. The van der Waals surface area contributed by atoms with Gasteiger partial charge in [-0.15, -0.1) is 0 Å². The third-order valence-electron chi connectivity index (χ3n) is 2.29. The van der Waals surface area contributed by atoms with Crippen molar-refractivity contribution in [3.05, 3.63) is 35.2 Å². The number of halogens is 1. The van der Waals surface area contributed by atoms with Crippen LogP contribution in [0.25, 0.3) is 0 Å². The molecule has 0 saturated heterocycles. The number of aromatic nitrogens is 3. The first-order chi connectivity index (χ1) is 9.08. The summed E-state index contributed by atoms with van der Waals surface area (Å²) >= 11 is 7.25. The highest BCUT2D eigenvalue weighted by molar-refractivity contribution is 7.99. The fraction of sp³-hybridized carbons (Fsp3) is 0.250. The summed E-state index contributed by atoms with van der Waals surface area (Å²) in [5.41, 5.74) is 2.55. The molecule has 0 spiro atoms. The number of hydrogen-bond donors (Lipinski definition) is 2. The summed E-state index contributed by atoms with van der Waals surface area (Å²) in [7, 11) is 0. The molecule has 0 atom stereocenters. The topological polar surface area (TPSA) is 76.7 Å². The van der Waals surface area contributed by atoms with Crippen LogP contribution in [0.4, 0.5) is 5.82 Å². The Morgan fingerprint density at radius 3 is 2.63 bits per heavy atom. The van der Waals surface area contributed by atoms with Crippen molar-refractivity contribution >= 4 is 29.2 Å². The number of hydrogen-bond acceptors (Lipinski definition) is 6. The zero-order valence-corrected chi connectivity index (χ0v) is 12.2. The number of nitrogens with one attached hydrogen (secondary N) is 1. The van der Waals surface area contributed by atoms with Gasteiger partial charge in [0.25, 0.3) is 0 Å². The minimum absolute atomic E-state index is 0.228. The lowest BCUT2D eigenvalue weighted by atomic mass is 10.2. The van der Waals surface area contributed by atoms with Gasteiger partial charge in [0.15, 0.2) is 0 Å². The van der Waals surface area contributed by atoms with Crippen LogP contribution in [0.15, 0.2) is 34.4 Å². The molecule has 0 bridgehead atoms. The maximum atomic E-state index is 5.81. The van der Waals surface area contributed by atoms with E-state index in [2.05, 4.69) is 20.4 Å². The van der Waals surface area contributed by atoms with Crippen molar-refractivity contribution in [2.75, 3.05) is 5.43 Å². The van der Waals surface area contributed by atoms with Crippen LogP contribution in [-0.2, 0) is 0 Å². The number of rotatable bonds is 4. The number of nitrogen functional groups attached to an aromatic ring is 1. The second-order valence-electron chi connectivity index (χ2n) is 4.17. The molecule has 3 N–H and O–H groups in total. The highest BCUT2D eigenvalue weighted by Crippen LogP contribution is 2.27. The van der Waals surface area contributed by atoms with E-state index in [4.69, 9.17) is 17.4 Å². The molecule has 19 heavy (non-hydrogen) atoms. The lowest BCUT2D eigenvalue weighted by Crippen LogP contribution is -2.11. The van der Waals surface area contributed by atoms with Crippen LogP contribution in [0, 0.1) is 0 Å². The molecule has 2 aromatic heterocycles. The van der Waals surface area contributed by atoms with Gasteiger partial charge in [0, 0.05) is 18.2 Å². The van der Waals surface area contributed by atoms with Gasteiger partial charge in [-0.2, -0.15) is 0 Å². The van der Waals surface area contributed by atoms with E-state index in [1.807, 2.05) is 19.9 Å². The van der Waals surface area contributed by atoms with Gasteiger partial charge in [0.2, 0.25) is 0 Å². The molecule has 100 valence electrons. The monoisotopic (exact) mass is 295 g/mol. The third-order valence-corrected chi connectivity index (χ3v) is 3.39. The summed E-state index contributed by atoms with van der Waals surface area (Å²) in [5, 5.41) is 2.22. The summed E-state index contributed by atoms with van der Waals surface area (Å²) in [5.74, 6) is 6.98. The van der Waals surface area contributed by atoms with E-state index in [9.17, 15) is 0 Å². The first kappa shape index (κ1) is 14.0. The molecule has 0 aliphatic rings. The van der Waals surface area contributed by atoms with Gasteiger partial charge < -0.3 is 5.43 Å². The van der Waals surface area contributed by atoms with Crippen LogP contribution in [0.1, 0.15) is 25.6 Å². The largest absolute Gasteiger partial charge is 0.308 e. The predicted octanol–water partition coefficient (Wildman–Crippen LogP) is 3.09. The van der Waals surface area contributed by atoms with Gasteiger partial charge in [-0.25, -0.2) is 20.8 Å². The molecule has 0 radical (unpaired) electrons. The average molecular weight is 296 g/mol. The quantitative estimate of drug-likeness (QED) is 0.513. The van der Waals surface area contributed by atoms with Crippen LogP contribution < -0.4 is 11.3 Å². The van der Waals surface area contributed by atoms with Crippen LogP contribution in [0.2, 0.25) is 5.02 Å². The molecule has 0 amide bonds. The van der Waals surface area contributed by atoms with E-state index in [-0.39, 0.29) is 5.92 Å². The van der Waals surface area contributed by atoms with Gasteiger partial charge >= 0.3 is 0 Å². The Balaban J connectivity index is 2.28. The minimum Gasteiger partial charge on any atom is -0.308 e. The van der Waals surface area contributed by atoms with Crippen molar-refractivity contribution in [3.8, 4) is 0 Å². The number of anilines is 1. The van der Waals surface area contributed by atoms with E-state index >= 15 is 0 Å². The van der Waals surface area contributed by atoms with Crippen molar-refractivity contribution in [2.45, 2.75) is 29.8 Å². The molecule has 0 saturated carbocycles. The molecular formula is C12H14ClN5S. The van der Waals surface area contributed by atoms with Crippen molar-refractivity contribution in [1.82, 2.24) is 15.0 Å². The van der Waals surface area contributed by atoms with Crippen LogP contribution in [0.5, 0.6) is 0 Å². The Kier molecular flexibility index (Phi) is 4.57. The summed E-state index contributed by atoms with van der Waals surface area (Å²) in [6, 6.07) is 5.43. The number of nitrogens with two attached hydrogens (primary N) is 1. The van der Waals surface area contributed by atoms with Gasteiger partial charge in [0.05, 0.1) is 5.02 Å². The molecule has 0 aliphatic carbocycles. The van der Waals surface area contributed by atoms with Gasteiger partial charge in [-0.3, -0.25) is 0 Å². The van der Waals surface area contributed by atoms with Crippen molar-refractivity contribution in [1.29, 1.82) is 0 Å². The molecule has 2 rings (SSSR count). The molecule has 2 aromatic rings. The Bertz CT molecular complexity index is 559. The normalized spacial score (nSPS) is 10.8. The summed E-state index contributed by atoms with van der Waals surface area (Å²) in [6.07, 6.45) is 1.61. The number of hydrazine groups is 1. The van der Waals surface area contributed by atoms with Crippen molar-refractivity contribution < 1.29 is 0 Å². The molecule has 0 unspecified atom stereocenters. The van der Waals surface area contributed by atoms with Crippen molar-refractivity contribution in [2.24, 2.45) is 5.84 Å². The zero-order chi connectivity index (χ0) is 13.8. The maximum absolute atomic E-state index is 5.81. The van der Waals surface area contributed by atoms with E-state index in [1.54, 1.807) is 18.3 Å². The van der Waals surface area contributed by atoms with Gasteiger partial charge in [-0.1, -0.05) is 25.4 Å². The zero-order valence-electron chi connectivity index (χ0n) is 10.6. The number of pyridine rings is 1. The lowest BCUT2D eigenvalue weighted by molar-refractivity contribution is 0.754. The highest BCUT2D eigenvalue weighted by Gasteiger charge is 2.09. The third kappa shape index (κ3) is 3.79. The first-order valence-electron chi connectivity index (χ1n) is 5.73. The second kappa shape index (κ2) is 6.18. The van der Waals surface area contributed by atoms with E-state index in [1.165, 1.54) is 11.8 Å². The van der Waals surface area contributed by atoms with Crippen LogP contribution in [0.3, 0.4) is 0 Å². The van der Waals surface area contributed by atoms with Crippen molar-refractivity contribution in [3.63, 3.8) is 0 Å². The fourth-order valence-electron chi connectivity index (χ4n) is 1.36. The fourth-order valence-corrected chi connectivity index (χ4v) is 2.23. The SMILES string of the molecule is CC(C)c1nc(NN)cc(Sc2ccc(Cl)cn2)n1. The van der Waals surface area contributed by atoms with E-state index < -0.39 is 0 Å². The summed E-state index contributed by atoms with van der Waals surface area (Å²) in [6.45, 7) is 4.06. The summed E-state index contributed by atoms with van der Waals surface area (Å²) < 4.78 is 0. The van der Waals surface area contributed by atoms with Gasteiger partial charge in [-0.05, 0) is 23.9 Å². The molecule has 2 heterocycles. The first-order valence-corrected chi connectivity index (χ1v) is 6.93. The Hall–Kier alpha value is -1.37. The van der Waals surface area contributed by atoms with E-state index in [0.717, 1.165) is 15.9 Å². The Morgan fingerprint density at radius 1 is 1.26 bits per heavy atom. The Labute approximate surface area is 121 Å². The Morgan fingerprint density at radius 2 is 2.05 bits per heavy atom. The summed E-state index contributed by atoms with van der Waals surface area (Å²) in [4.78, 5) is 13.0. The minimum atomic E-state index is 0.228. The number of nitrogens with zero attached hydrogens (tertiary/aromatic N) is 3. The molecule has 7 heteroatoms.